The molecule has 3 aliphatic rings. The molecule has 1 aliphatic heterocycles. The fourth-order valence-corrected chi connectivity index (χ4v) is 6.11. The predicted octanol–water partition coefficient (Wildman–Crippen LogP) is 2.39. The van der Waals surface area contributed by atoms with Crippen molar-refractivity contribution in [1.29, 1.82) is 0 Å². The number of nitrogens with one attached hydrogen (secondary N) is 1. The minimum Gasteiger partial charge on any atom is -0.349 e. The lowest BCUT2D eigenvalue weighted by atomic mass is 9.95. The third kappa shape index (κ3) is 2.86. The zero-order valence-electron chi connectivity index (χ0n) is 13.8. The molecule has 0 radical (unpaired) electrons. The molecule has 1 amide bonds. The Morgan fingerprint density at radius 2 is 1.92 bits per heavy atom. The molecule has 1 heterocycles. The first-order chi connectivity index (χ1) is 11.5. The maximum atomic E-state index is 12.7. The highest BCUT2D eigenvalue weighted by Crippen LogP contribution is 2.44. The van der Waals surface area contributed by atoms with E-state index >= 15 is 0 Å². The van der Waals surface area contributed by atoms with Gasteiger partial charge in [0.1, 0.15) is 0 Å². The fourth-order valence-electron chi connectivity index (χ4n) is 4.55. The third-order valence-electron chi connectivity index (χ3n) is 5.85. The maximum Gasteiger partial charge on any atom is 0.251 e. The van der Waals surface area contributed by atoms with Crippen LogP contribution in [0.1, 0.15) is 48.9 Å². The van der Waals surface area contributed by atoms with E-state index in [1.54, 1.807) is 18.2 Å². The van der Waals surface area contributed by atoms with Crippen LogP contribution in [-0.4, -0.2) is 37.8 Å². The van der Waals surface area contributed by atoms with E-state index in [0.717, 1.165) is 25.2 Å². The molecule has 130 valence electrons. The quantitative estimate of drug-likeness (QED) is 0.908. The van der Waals surface area contributed by atoms with Crippen molar-refractivity contribution in [2.45, 2.75) is 49.5 Å². The molecule has 1 aromatic carbocycles. The summed E-state index contributed by atoms with van der Waals surface area (Å²) in [6, 6.07) is 6.73. The van der Waals surface area contributed by atoms with Gasteiger partial charge in [0.2, 0.25) is 10.0 Å². The van der Waals surface area contributed by atoms with Crippen LogP contribution in [0, 0.1) is 11.8 Å². The zero-order valence-corrected chi connectivity index (χ0v) is 14.6. The number of nitrogens with zero attached hydrogens (tertiary/aromatic N) is 1. The van der Waals surface area contributed by atoms with E-state index in [4.69, 9.17) is 0 Å². The summed E-state index contributed by atoms with van der Waals surface area (Å²) in [5.41, 5.74) is 0.443. The van der Waals surface area contributed by atoms with Crippen LogP contribution >= 0.6 is 0 Å². The van der Waals surface area contributed by atoms with Gasteiger partial charge < -0.3 is 5.32 Å². The van der Waals surface area contributed by atoms with Gasteiger partial charge in [0.05, 0.1) is 4.90 Å². The first-order valence-electron chi connectivity index (χ1n) is 8.95. The lowest BCUT2D eigenvalue weighted by Crippen LogP contribution is -2.38. The van der Waals surface area contributed by atoms with Crippen molar-refractivity contribution in [1.82, 2.24) is 9.62 Å². The van der Waals surface area contributed by atoms with E-state index in [1.807, 2.05) is 0 Å². The van der Waals surface area contributed by atoms with Gasteiger partial charge in [-0.2, -0.15) is 4.31 Å². The first kappa shape index (κ1) is 16.1. The van der Waals surface area contributed by atoms with Gasteiger partial charge in [-0.3, -0.25) is 4.79 Å². The van der Waals surface area contributed by atoms with Gasteiger partial charge in [-0.1, -0.05) is 12.5 Å². The van der Waals surface area contributed by atoms with Crippen molar-refractivity contribution in [2.75, 3.05) is 13.1 Å². The van der Waals surface area contributed by atoms with E-state index < -0.39 is 10.0 Å². The van der Waals surface area contributed by atoms with Crippen molar-refractivity contribution in [3.63, 3.8) is 0 Å². The van der Waals surface area contributed by atoms with Crippen LogP contribution in [0.4, 0.5) is 0 Å². The molecule has 5 nitrogen and oxygen atoms in total. The molecule has 2 aliphatic carbocycles. The van der Waals surface area contributed by atoms with Gasteiger partial charge in [0.15, 0.2) is 0 Å². The van der Waals surface area contributed by atoms with Gasteiger partial charge in [-0.25, -0.2) is 8.42 Å². The van der Waals surface area contributed by atoms with E-state index in [2.05, 4.69) is 5.32 Å². The topological polar surface area (TPSA) is 66.5 Å². The highest BCUT2D eigenvalue weighted by molar-refractivity contribution is 7.89. The monoisotopic (exact) mass is 348 g/mol. The Hall–Kier alpha value is -1.40. The molecule has 2 bridgehead atoms. The summed E-state index contributed by atoms with van der Waals surface area (Å²) >= 11 is 0. The van der Waals surface area contributed by atoms with Crippen LogP contribution in [0.2, 0.25) is 0 Å². The Morgan fingerprint density at radius 1 is 1.12 bits per heavy atom. The summed E-state index contributed by atoms with van der Waals surface area (Å²) in [5.74, 6) is 1.23. The number of hydrogen-bond donors (Lipinski definition) is 1. The fraction of sp³-hybridized carbons (Fsp3) is 0.611. The van der Waals surface area contributed by atoms with Crippen LogP contribution < -0.4 is 5.32 Å². The largest absolute Gasteiger partial charge is 0.349 e. The molecule has 24 heavy (non-hydrogen) atoms. The number of rotatable bonds is 4. The van der Waals surface area contributed by atoms with Gasteiger partial charge >= 0.3 is 0 Å². The van der Waals surface area contributed by atoms with Crippen LogP contribution in [-0.2, 0) is 10.0 Å². The Morgan fingerprint density at radius 3 is 2.58 bits per heavy atom. The smallest absolute Gasteiger partial charge is 0.251 e. The third-order valence-corrected chi connectivity index (χ3v) is 7.75. The summed E-state index contributed by atoms with van der Waals surface area (Å²) in [6.07, 6.45) is 6.61. The Balaban J connectivity index is 1.51. The van der Waals surface area contributed by atoms with Crippen molar-refractivity contribution in [3.8, 4) is 0 Å². The second-order valence-corrected chi connectivity index (χ2v) is 9.33. The van der Waals surface area contributed by atoms with Crippen LogP contribution in [0.25, 0.3) is 0 Å². The number of hydrogen-bond acceptors (Lipinski definition) is 3. The second-order valence-electron chi connectivity index (χ2n) is 7.39. The molecular weight excluding hydrogens is 324 g/mol. The zero-order chi connectivity index (χ0) is 16.7. The van der Waals surface area contributed by atoms with Gasteiger partial charge in [-0.15, -0.1) is 0 Å². The van der Waals surface area contributed by atoms with Crippen molar-refractivity contribution in [2.24, 2.45) is 11.8 Å². The number of carbonyl (C=O) groups excluding carboxylic acids is 1. The lowest BCUT2D eigenvalue weighted by Gasteiger charge is -2.23. The molecule has 2 saturated carbocycles. The standard InChI is InChI=1S/C18H24N2O3S/c21-18(19-17-11-13-6-7-14(17)10-13)15-4-3-5-16(12-15)24(22,23)20-8-1-2-9-20/h3-5,12-14,17H,1-2,6-11H2,(H,19,21)/t13-,14+,17+/m0/s1. The predicted molar refractivity (Wildman–Crippen MR) is 91.1 cm³/mol. The minimum atomic E-state index is -3.48. The highest BCUT2D eigenvalue weighted by Gasteiger charge is 2.40. The average molecular weight is 348 g/mol. The SMILES string of the molecule is O=C(N[C@@H]1C[C@H]2CC[C@@H]1C2)c1cccc(S(=O)(=O)N2CCCC2)c1. The molecule has 0 unspecified atom stereocenters. The molecule has 1 saturated heterocycles. The molecule has 1 aromatic rings. The van der Waals surface area contributed by atoms with Gasteiger partial charge in [-0.05, 0) is 62.1 Å². The Labute approximate surface area is 143 Å². The molecule has 4 rings (SSSR count). The summed E-state index contributed by atoms with van der Waals surface area (Å²) in [7, 11) is -3.48. The van der Waals surface area contributed by atoms with Crippen LogP contribution in [0.3, 0.4) is 0 Å². The van der Waals surface area contributed by atoms with Gasteiger partial charge in [0.25, 0.3) is 5.91 Å². The Bertz CT molecular complexity index is 740. The summed E-state index contributed by atoms with van der Waals surface area (Å²) < 4.78 is 26.8. The second kappa shape index (κ2) is 6.15. The molecular formula is C18H24N2O3S. The van der Waals surface area contributed by atoms with E-state index in [1.165, 1.54) is 29.6 Å². The normalized spacial score (nSPS) is 29.9. The van der Waals surface area contributed by atoms with E-state index in [-0.39, 0.29) is 16.8 Å². The van der Waals surface area contributed by atoms with Crippen molar-refractivity contribution in [3.05, 3.63) is 29.8 Å². The molecule has 0 aromatic heterocycles. The molecule has 3 fully saturated rings. The molecule has 3 atom stereocenters. The molecule has 0 spiro atoms. The maximum absolute atomic E-state index is 12.7. The average Bonchev–Trinajstić information content (AvgIpc) is 3.32. The van der Waals surface area contributed by atoms with Gasteiger partial charge in [0, 0.05) is 24.7 Å². The summed E-state index contributed by atoms with van der Waals surface area (Å²) in [6.45, 7) is 1.15. The van der Waals surface area contributed by atoms with Crippen molar-refractivity contribution >= 4 is 15.9 Å². The number of carbonyl (C=O) groups is 1. The first-order valence-corrected chi connectivity index (χ1v) is 10.4. The molecule has 1 N–H and O–H groups in total. The van der Waals surface area contributed by atoms with Crippen molar-refractivity contribution < 1.29 is 13.2 Å². The molecule has 6 heteroatoms. The summed E-state index contributed by atoms with van der Waals surface area (Å²) in [4.78, 5) is 12.8. The van der Waals surface area contributed by atoms with E-state index in [9.17, 15) is 13.2 Å². The summed E-state index contributed by atoms with van der Waals surface area (Å²) in [5, 5.41) is 3.13. The van der Waals surface area contributed by atoms with E-state index in [0.29, 0.717) is 24.6 Å². The number of fused-ring (bicyclic) bond motifs is 2. The Kier molecular flexibility index (Phi) is 4.12. The lowest BCUT2D eigenvalue weighted by molar-refractivity contribution is 0.0922. The highest BCUT2D eigenvalue weighted by atomic mass is 32.2. The number of benzene rings is 1. The number of sulfonamides is 1. The van der Waals surface area contributed by atoms with Crippen LogP contribution in [0.5, 0.6) is 0 Å². The number of amides is 1. The van der Waals surface area contributed by atoms with Crippen LogP contribution in [0.15, 0.2) is 29.2 Å². The minimum absolute atomic E-state index is 0.147.